The fourth-order valence-electron chi connectivity index (χ4n) is 2.52. The summed E-state index contributed by atoms with van der Waals surface area (Å²) in [6.45, 7) is 3.52. The highest BCUT2D eigenvalue weighted by Gasteiger charge is 2.36. The zero-order valence-electron chi connectivity index (χ0n) is 13.2. The molecule has 126 valence electrons. The van der Waals surface area contributed by atoms with E-state index >= 15 is 0 Å². The van der Waals surface area contributed by atoms with Gasteiger partial charge < -0.3 is 20.5 Å². The average molecular weight is 314 g/mol. The number of amides is 2. The van der Waals surface area contributed by atoms with Crippen LogP contribution in [-0.2, 0) is 19.1 Å². The monoisotopic (exact) mass is 314 g/mol. The van der Waals surface area contributed by atoms with E-state index in [9.17, 15) is 14.4 Å². The molecule has 22 heavy (non-hydrogen) atoms. The lowest BCUT2D eigenvalue weighted by atomic mass is 9.86. The van der Waals surface area contributed by atoms with Crippen LogP contribution in [0.5, 0.6) is 0 Å². The van der Waals surface area contributed by atoms with E-state index in [1.807, 2.05) is 6.92 Å². The normalized spacial score (nSPS) is 16.8. The molecule has 0 unspecified atom stereocenters. The zero-order chi connectivity index (χ0) is 16.4. The molecule has 2 amide bonds. The molecule has 0 bridgehead atoms. The van der Waals surface area contributed by atoms with Crippen molar-refractivity contribution in [1.82, 2.24) is 10.6 Å². The van der Waals surface area contributed by atoms with Crippen molar-refractivity contribution < 1.29 is 24.2 Å². The van der Waals surface area contributed by atoms with Gasteiger partial charge in [-0.3, -0.25) is 14.4 Å². The van der Waals surface area contributed by atoms with Crippen LogP contribution >= 0.6 is 0 Å². The standard InChI is InChI=1S/C15H26N2O5/c1-2-8-16-12(18)4-3-5-13(19)17-15(11-14(20)21)6-9-22-10-7-15/h2-11H2,1H3,(H,16,18)(H,17,19)(H,20,21). The number of hydrogen-bond acceptors (Lipinski definition) is 4. The van der Waals surface area contributed by atoms with Crippen LogP contribution in [0.15, 0.2) is 0 Å². The Bertz CT molecular complexity index is 391. The smallest absolute Gasteiger partial charge is 0.305 e. The number of carbonyl (C=O) groups is 3. The first-order valence-corrected chi connectivity index (χ1v) is 7.85. The van der Waals surface area contributed by atoms with E-state index in [2.05, 4.69) is 10.6 Å². The van der Waals surface area contributed by atoms with Crippen LogP contribution < -0.4 is 10.6 Å². The summed E-state index contributed by atoms with van der Waals surface area (Å²) in [6.07, 6.45) is 2.78. The maximum absolute atomic E-state index is 12.0. The SMILES string of the molecule is CCCNC(=O)CCCC(=O)NC1(CC(=O)O)CCOCC1. The van der Waals surface area contributed by atoms with Gasteiger partial charge in [0.15, 0.2) is 0 Å². The molecule has 1 fully saturated rings. The van der Waals surface area contributed by atoms with E-state index in [4.69, 9.17) is 9.84 Å². The summed E-state index contributed by atoms with van der Waals surface area (Å²) >= 11 is 0. The molecule has 1 aliphatic heterocycles. The number of hydrogen-bond donors (Lipinski definition) is 3. The van der Waals surface area contributed by atoms with Crippen molar-refractivity contribution in [2.24, 2.45) is 0 Å². The molecule has 7 heteroatoms. The van der Waals surface area contributed by atoms with Crippen molar-refractivity contribution in [1.29, 1.82) is 0 Å². The number of rotatable bonds is 9. The lowest BCUT2D eigenvalue weighted by Crippen LogP contribution is -2.53. The van der Waals surface area contributed by atoms with E-state index in [-0.39, 0.29) is 24.7 Å². The molecule has 0 radical (unpaired) electrons. The third-order valence-electron chi connectivity index (χ3n) is 3.72. The molecule has 1 rings (SSSR count). The first-order chi connectivity index (χ1) is 10.5. The third kappa shape index (κ3) is 6.89. The second kappa shape index (κ2) is 9.40. The van der Waals surface area contributed by atoms with Gasteiger partial charge in [0.2, 0.25) is 11.8 Å². The highest BCUT2D eigenvalue weighted by molar-refractivity contribution is 5.80. The quantitative estimate of drug-likeness (QED) is 0.584. The van der Waals surface area contributed by atoms with Gasteiger partial charge >= 0.3 is 5.97 Å². The molecule has 0 aromatic carbocycles. The molecule has 0 spiro atoms. The third-order valence-corrected chi connectivity index (χ3v) is 3.72. The van der Waals surface area contributed by atoms with Gasteiger partial charge in [0.1, 0.15) is 0 Å². The van der Waals surface area contributed by atoms with Crippen LogP contribution in [0.3, 0.4) is 0 Å². The second-order valence-electron chi connectivity index (χ2n) is 5.71. The Morgan fingerprint density at radius 2 is 1.77 bits per heavy atom. The van der Waals surface area contributed by atoms with Crippen LogP contribution in [0, 0.1) is 0 Å². The van der Waals surface area contributed by atoms with Gasteiger partial charge in [-0.25, -0.2) is 0 Å². The minimum Gasteiger partial charge on any atom is -0.481 e. The van der Waals surface area contributed by atoms with E-state index in [1.165, 1.54) is 0 Å². The molecular weight excluding hydrogens is 288 g/mol. The maximum atomic E-state index is 12.0. The van der Waals surface area contributed by atoms with Crippen LogP contribution in [-0.4, -0.2) is 48.2 Å². The Kier molecular flexibility index (Phi) is 7.87. The van der Waals surface area contributed by atoms with Gasteiger partial charge in [0, 0.05) is 32.6 Å². The lowest BCUT2D eigenvalue weighted by molar-refractivity contribution is -0.140. The van der Waals surface area contributed by atoms with E-state index in [1.54, 1.807) is 0 Å². The molecule has 7 nitrogen and oxygen atoms in total. The van der Waals surface area contributed by atoms with Crippen molar-refractivity contribution in [3.05, 3.63) is 0 Å². The number of nitrogens with one attached hydrogen (secondary N) is 2. The van der Waals surface area contributed by atoms with Crippen LogP contribution in [0.2, 0.25) is 0 Å². The van der Waals surface area contributed by atoms with E-state index in [0.717, 1.165) is 6.42 Å². The topological polar surface area (TPSA) is 105 Å². The van der Waals surface area contributed by atoms with Crippen molar-refractivity contribution >= 4 is 17.8 Å². The first kappa shape index (κ1) is 18.4. The van der Waals surface area contributed by atoms with Crippen molar-refractivity contribution in [3.63, 3.8) is 0 Å². The van der Waals surface area contributed by atoms with Crippen molar-refractivity contribution in [2.75, 3.05) is 19.8 Å². The van der Waals surface area contributed by atoms with Gasteiger partial charge in [-0.1, -0.05) is 6.92 Å². The van der Waals surface area contributed by atoms with Crippen LogP contribution in [0.1, 0.15) is 51.9 Å². The van der Waals surface area contributed by atoms with Crippen molar-refractivity contribution in [2.45, 2.75) is 57.4 Å². The van der Waals surface area contributed by atoms with Gasteiger partial charge in [0.25, 0.3) is 0 Å². The Balaban J connectivity index is 2.37. The minimum absolute atomic E-state index is 0.0547. The second-order valence-corrected chi connectivity index (χ2v) is 5.71. The number of carboxylic acids is 1. The van der Waals surface area contributed by atoms with E-state index < -0.39 is 11.5 Å². The predicted octanol–water partition coefficient (Wildman–Crippen LogP) is 0.823. The summed E-state index contributed by atoms with van der Waals surface area (Å²) < 4.78 is 5.24. The summed E-state index contributed by atoms with van der Waals surface area (Å²) in [4.78, 5) is 34.5. The lowest BCUT2D eigenvalue weighted by Gasteiger charge is -2.36. The molecule has 3 N–H and O–H groups in total. The molecule has 0 aromatic rings. The maximum Gasteiger partial charge on any atom is 0.305 e. The summed E-state index contributed by atoms with van der Waals surface area (Å²) in [5, 5.41) is 14.6. The molecule has 0 aromatic heterocycles. The highest BCUT2D eigenvalue weighted by atomic mass is 16.5. The van der Waals surface area contributed by atoms with Gasteiger partial charge in [-0.2, -0.15) is 0 Å². The Labute approximate surface area is 130 Å². The molecule has 1 aliphatic rings. The summed E-state index contributed by atoms with van der Waals surface area (Å²) in [5.41, 5.74) is -0.717. The molecular formula is C15H26N2O5. The largest absolute Gasteiger partial charge is 0.481 e. The number of aliphatic carboxylic acids is 1. The fourth-order valence-corrected chi connectivity index (χ4v) is 2.52. The first-order valence-electron chi connectivity index (χ1n) is 7.85. The number of ether oxygens (including phenoxy) is 1. The summed E-state index contributed by atoms with van der Waals surface area (Å²) in [5.74, 6) is -1.19. The zero-order valence-corrected chi connectivity index (χ0v) is 13.2. The molecule has 1 saturated heterocycles. The van der Waals surface area contributed by atoms with Crippen LogP contribution in [0.4, 0.5) is 0 Å². The average Bonchev–Trinajstić information content (AvgIpc) is 2.45. The Hall–Kier alpha value is -1.63. The molecule has 1 heterocycles. The predicted molar refractivity (Wildman–Crippen MR) is 80.3 cm³/mol. The minimum atomic E-state index is -0.929. The summed E-state index contributed by atoms with van der Waals surface area (Å²) in [6, 6.07) is 0. The van der Waals surface area contributed by atoms with E-state index in [0.29, 0.717) is 45.4 Å². The molecule has 0 atom stereocenters. The number of carboxylic acid groups (broad SMARTS) is 1. The summed E-state index contributed by atoms with van der Waals surface area (Å²) in [7, 11) is 0. The van der Waals surface area contributed by atoms with Gasteiger partial charge in [-0.15, -0.1) is 0 Å². The Morgan fingerprint density at radius 3 is 2.36 bits per heavy atom. The highest BCUT2D eigenvalue weighted by Crippen LogP contribution is 2.24. The Morgan fingerprint density at radius 1 is 1.14 bits per heavy atom. The fraction of sp³-hybridized carbons (Fsp3) is 0.800. The van der Waals surface area contributed by atoms with Gasteiger partial charge in [-0.05, 0) is 25.7 Å². The molecule has 0 saturated carbocycles. The molecule has 0 aliphatic carbocycles. The van der Waals surface area contributed by atoms with Crippen LogP contribution in [0.25, 0.3) is 0 Å². The van der Waals surface area contributed by atoms with Gasteiger partial charge in [0.05, 0.1) is 12.0 Å². The number of carbonyl (C=O) groups excluding carboxylic acids is 2. The van der Waals surface area contributed by atoms with Crippen molar-refractivity contribution in [3.8, 4) is 0 Å².